The molecule has 0 saturated carbocycles. The van der Waals surface area contributed by atoms with Gasteiger partial charge in [-0.25, -0.2) is 0 Å². The maximum atomic E-state index is 13.1. The lowest BCUT2D eigenvalue weighted by molar-refractivity contribution is -0.141. The van der Waals surface area contributed by atoms with Crippen LogP contribution in [-0.4, -0.2) is 28.3 Å². The summed E-state index contributed by atoms with van der Waals surface area (Å²) in [5.74, 6) is -0.250. The number of rotatable bonds is 7. The number of aryl methyl sites for hydroxylation is 1. The standard InChI is InChI=1S/C23H28BrClN2O2/c1-16(22(29)26-23(2,3)4)27(15-17-8-7-10-19(24)14-17)21(28)13-12-18-9-5-6-11-20(18)25/h5-11,14,16H,12-13,15H2,1-4H3,(H,26,29)/t16-/m1/s1. The van der Waals surface area contributed by atoms with Crippen LogP contribution in [0.15, 0.2) is 53.0 Å². The van der Waals surface area contributed by atoms with Crippen molar-refractivity contribution in [2.24, 2.45) is 0 Å². The maximum Gasteiger partial charge on any atom is 0.242 e. The molecule has 1 atom stereocenters. The zero-order valence-corrected chi connectivity index (χ0v) is 19.7. The first kappa shape index (κ1) is 23.4. The first-order valence-electron chi connectivity index (χ1n) is 9.66. The van der Waals surface area contributed by atoms with Gasteiger partial charge in [-0.2, -0.15) is 0 Å². The van der Waals surface area contributed by atoms with Gasteiger partial charge in [0.25, 0.3) is 0 Å². The SMILES string of the molecule is C[C@H](C(=O)NC(C)(C)C)N(Cc1cccc(Br)c1)C(=O)CCc1ccccc1Cl. The summed E-state index contributed by atoms with van der Waals surface area (Å²) in [5, 5.41) is 3.62. The van der Waals surface area contributed by atoms with Gasteiger partial charge in [-0.05, 0) is 63.4 Å². The molecule has 0 radical (unpaired) electrons. The Kier molecular flexibility index (Phi) is 8.29. The van der Waals surface area contributed by atoms with E-state index in [-0.39, 0.29) is 23.8 Å². The molecule has 2 amide bonds. The molecule has 29 heavy (non-hydrogen) atoms. The fourth-order valence-corrected chi connectivity index (χ4v) is 3.65. The van der Waals surface area contributed by atoms with Crippen LogP contribution in [0.3, 0.4) is 0 Å². The summed E-state index contributed by atoms with van der Waals surface area (Å²) in [6, 6.07) is 14.7. The van der Waals surface area contributed by atoms with E-state index in [1.165, 1.54) is 0 Å². The molecule has 0 heterocycles. The van der Waals surface area contributed by atoms with Gasteiger partial charge in [0.15, 0.2) is 0 Å². The Morgan fingerprint density at radius 2 is 1.83 bits per heavy atom. The number of hydrogen-bond acceptors (Lipinski definition) is 2. The molecule has 4 nitrogen and oxygen atoms in total. The molecule has 0 aliphatic rings. The third-order valence-corrected chi connectivity index (χ3v) is 5.34. The van der Waals surface area contributed by atoms with E-state index in [9.17, 15) is 9.59 Å². The molecule has 0 fully saturated rings. The Morgan fingerprint density at radius 3 is 2.45 bits per heavy atom. The Hall–Kier alpha value is -1.85. The van der Waals surface area contributed by atoms with Crippen molar-refractivity contribution in [3.8, 4) is 0 Å². The second kappa shape index (κ2) is 10.3. The predicted molar refractivity (Wildman–Crippen MR) is 122 cm³/mol. The van der Waals surface area contributed by atoms with Crippen molar-refractivity contribution in [3.05, 3.63) is 69.2 Å². The van der Waals surface area contributed by atoms with Crippen LogP contribution in [0.5, 0.6) is 0 Å². The summed E-state index contributed by atoms with van der Waals surface area (Å²) >= 11 is 9.69. The number of benzene rings is 2. The van der Waals surface area contributed by atoms with E-state index in [1.807, 2.05) is 69.3 Å². The van der Waals surface area contributed by atoms with Gasteiger partial charge in [0.1, 0.15) is 6.04 Å². The van der Waals surface area contributed by atoms with Crippen molar-refractivity contribution in [2.45, 2.75) is 58.7 Å². The summed E-state index contributed by atoms with van der Waals surface area (Å²) in [4.78, 5) is 27.5. The summed E-state index contributed by atoms with van der Waals surface area (Å²) in [6.07, 6.45) is 0.811. The van der Waals surface area contributed by atoms with E-state index < -0.39 is 6.04 Å². The molecule has 2 aromatic rings. The van der Waals surface area contributed by atoms with E-state index in [0.29, 0.717) is 18.0 Å². The summed E-state index contributed by atoms with van der Waals surface area (Å²) in [5.41, 5.74) is 1.52. The van der Waals surface area contributed by atoms with Gasteiger partial charge in [0.2, 0.25) is 11.8 Å². The average Bonchev–Trinajstić information content (AvgIpc) is 2.63. The quantitative estimate of drug-likeness (QED) is 0.580. The van der Waals surface area contributed by atoms with Crippen LogP contribution in [0.2, 0.25) is 5.02 Å². The highest BCUT2D eigenvalue weighted by Crippen LogP contribution is 2.20. The smallest absolute Gasteiger partial charge is 0.242 e. The monoisotopic (exact) mass is 478 g/mol. The van der Waals surface area contributed by atoms with Crippen LogP contribution in [-0.2, 0) is 22.6 Å². The van der Waals surface area contributed by atoms with E-state index in [2.05, 4.69) is 21.2 Å². The Balaban J connectivity index is 2.19. The first-order chi connectivity index (χ1) is 13.6. The normalized spacial score (nSPS) is 12.3. The fourth-order valence-electron chi connectivity index (χ4n) is 2.98. The van der Waals surface area contributed by atoms with Gasteiger partial charge in [-0.15, -0.1) is 0 Å². The Labute approximate surface area is 186 Å². The highest BCUT2D eigenvalue weighted by Gasteiger charge is 2.28. The maximum absolute atomic E-state index is 13.1. The van der Waals surface area contributed by atoms with Crippen molar-refractivity contribution in [2.75, 3.05) is 0 Å². The summed E-state index contributed by atoms with van der Waals surface area (Å²) in [6.45, 7) is 7.91. The molecule has 0 aliphatic heterocycles. The van der Waals surface area contributed by atoms with Gasteiger partial charge in [-0.3, -0.25) is 9.59 Å². The molecule has 0 spiro atoms. The lowest BCUT2D eigenvalue weighted by atomic mass is 10.1. The van der Waals surface area contributed by atoms with Crippen molar-refractivity contribution in [1.82, 2.24) is 10.2 Å². The predicted octanol–water partition coefficient (Wildman–Crippen LogP) is 5.37. The first-order valence-corrected chi connectivity index (χ1v) is 10.8. The Morgan fingerprint density at radius 1 is 1.14 bits per heavy atom. The third kappa shape index (κ3) is 7.48. The van der Waals surface area contributed by atoms with E-state index >= 15 is 0 Å². The van der Waals surface area contributed by atoms with E-state index in [1.54, 1.807) is 11.8 Å². The molecule has 0 aliphatic carbocycles. The van der Waals surface area contributed by atoms with Crippen molar-refractivity contribution in [1.29, 1.82) is 0 Å². The number of amides is 2. The van der Waals surface area contributed by atoms with E-state index in [4.69, 9.17) is 11.6 Å². The molecule has 0 bridgehead atoms. The lowest BCUT2D eigenvalue weighted by Gasteiger charge is -2.31. The topological polar surface area (TPSA) is 49.4 Å². The van der Waals surface area contributed by atoms with Gasteiger partial charge in [0, 0.05) is 28.0 Å². The van der Waals surface area contributed by atoms with Crippen LogP contribution in [0.25, 0.3) is 0 Å². The lowest BCUT2D eigenvalue weighted by Crippen LogP contribution is -2.52. The molecule has 156 valence electrons. The van der Waals surface area contributed by atoms with Crippen molar-refractivity contribution in [3.63, 3.8) is 0 Å². The van der Waals surface area contributed by atoms with Crippen LogP contribution >= 0.6 is 27.5 Å². The van der Waals surface area contributed by atoms with Crippen LogP contribution in [0.1, 0.15) is 45.2 Å². The van der Waals surface area contributed by atoms with Gasteiger partial charge in [0.05, 0.1) is 0 Å². The minimum absolute atomic E-state index is 0.0820. The minimum Gasteiger partial charge on any atom is -0.350 e. The molecular weight excluding hydrogens is 452 g/mol. The second-order valence-corrected chi connectivity index (χ2v) is 9.48. The second-order valence-electron chi connectivity index (χ2n) is 8.16. The summed E-state index contributed by atoms with van der Waals surface area (Å²) in [7, 11) is 0. The number of carbonyl (C=O) groups is 2. The number of carbonyl (C=O) groups excluding carboxylic acids is 2. The molecule has 0 aromatic heterocycles. The highest BCUT2D eigenvalue weighted by molar-refractivity contribution is 9.10. The Bertz CT molecular complexity index is 864. The molecule has 0 saturated heterocycles. The zero-order chi connectivity index (χ0) is 21.6. The van der Waals surface area contributed by atoms with Crippen LogP contribution in [0, 0.1) is 0 Å². The molecule has 0 unspecified atom stereocenters. The molecule has 2 rings (SSSR count). The molecular formula is C23H28BrClN2O2. The zero-order valence-electron chi connectivity index (χ0n) is 17.3. The van der Waals surface area contributed by atoms with Gasteiger partial charge < -0.3 is 10.2 Å². The van der Waals surface area contributed by atoms with Crippen LogP contribution in [0.4, 0.5) is 0 Å². The summed E-state index contributed by atoms with van der Waals surface area (Å²) < 4.78 is 0.935. The van der Waals surface area contributed by atoms with E-state index in [0.717, 1.165) is 15.6 Å². The highest BCUT2D eigenvalue weighted by atomic mass is 79.9. The molecule has 6 heteroatoms. The number of nitrogens with one attached hydrogen (secondary N) is 1. The minimum atomic E-state index is -0.591. The third-order valence-electron chi connectivity index (χ3n) is 4.47. The van der Waals surface area contributed by atoms with Gasteiger partial charge >= 0.3 is 0 Å². The number of nitrogens with zero attached hydrogens (tertiary/aromatic N) is 1. The van der Waals surface area contributed by atoms with Crippen molar-refractivity contribution < 1.29 is 9.59 Å². The number of halogens is 2. The van der Waals surface area contributed by atoms with Gasteiger partial charge in [-0.1, -0.05) is 57.9 Å². The van der Waals surface area contributed by atoms with Crippen LogP contribution < -0.4 is 5.32 Å². The largest absolute Gasteiger partial charge is 0.350 e. The number of hydrogen-bond donors (Lipinski definition) is 1. The molecule has 2 aromatic carbocycles. The fraction of sp³-hybridized carbons (Fsp3) is 0.391. The molecule has 1 N–H and O–H groups in total. The van der Waals surface area contributed by atoms with Crippen molar-refractivity contribution >= 4 is 39.3 Å². The average molecular weight is 480 g/mol.